The zero-order valence-corrected chi connectivity index (χ0v) is 6.97. The maximum atomic E-state index is 12.7. The highest BCUT2D eigenvalue weighted by molar-refractivity contribution is 5.18. The highest BCUT2D eigenvalue weighted by atomic mass is 19.4. The van der Waals surface area contributed by atoms with E-state index in [9.17, 15) is 26.3 Å². The Morgan fingerprint density at radius 3 is 1.77 bits per heavy atom. The first kappa shape index (κ1) is 12.3. The lowest BCUT2D eigenvalue weighted by Gasteiger charge is -2.22. The molecule has 13 heavy (non-hydrogen) atoms. The van der Waals surface area contributed by atoms with E-state index in [4.69, 9.17) is 0 Å². The van der Waals surface area contributed by atoms with Gasteiger partial charge in [0.2, 0.25) is 0 Å². The Balaban J connectivity index is 5.07. The fourth-order valence-electron chi connectivity index (χ4n) is 0.584. The number of hydrogen-bond donors (Lipinski definition) is 0. The number of halogens is 6. The largest absolute Gasteiger partial charge is 0.428 e. The van der Waals surface area contributed by atoms with Crippen molar-refractivity contribution in [2.75, 3.05) is 6.67 Å². The van der Waals surface area contributed by atoms with Gasteiger partial charge in [-0.25, -0.2) is 13.2 Å². The van der Waals surface area contributed by atoms with E-state index in [2.05, 4.69) is 0 Å². The summed E-state index contributed by atoms with van der Waals surface area (Å²) in [5.41, 5.74) is -4.99. The SMILES string of the molecule is C/C(CF)=C(/F)C(C)(F)C(F)(F)F. The predicted molar refractivity (Wildman–Crippen MR) is 35.4 cm³/mol. The van der Waals surface area contributed by atoms with Gasteiger partial charge in [-0.15, -0.1) is 0 Å². The third kappa shape index (κ3) is 2.38. The Bertz CT molecular complexity index is 212. The van der Waals surface area contributed by atoms with E-state index in [0.717, 1.165) is 6.92 Å². The van der Waals surface area contributed by atoms with Crippen LogP contribution in [0.2, 0.25) is 0 Å². The first-order valence-electron chi connectivity index (χ1n) is 3.32. The molecule has 0 amide bonds. The lowest BCUT2D eigenvalue weighted by Crippen LogP contribution is -2.39. The molecule has 0 aromatic carbocycles. The second-order valence-electron chi connectivity index (χ2n) is 2.73. The summed E-state index contributed by atoms with van der Waals surface area (Å²) in [6.07, 6.45) is -5.37. The fourth-order valence-corrected chi connectivity index (χ4v) is 0.584. The van der Waals surface area contributed by atoms with Crippen molar-refractivity contribution in [2.24, 2.45) is 0 Å². The number of alkyl halides is 5. The van der Waals surface area contributed by atoms with Crippen LogP contribution >= 0.6 is 0 Å². The molecule has 0 saturated carbocycles. The summed E-state index contributed by atoms with van der Waals surface area (Å²) < 4.78 is 72.5. The molecule has 0 heterocycles. The molecule has 78 valence electrons. The van der Waals surface area contributed by atoms with Crippen LogP contribution in [0.4, 0.5) is 26.3 Å². The molecular formula is C7H8F6. The first-order valence-corrected chi connectivity index (χ1v) is 3.32. The molecule has 0 N–H and O–H groups in total. The van der Waals surface area contributed by atoms with Crippen molar-refractivity contribution in [3.8, 4) is 0 Å². The van der Waals surface area contributed by atoms with Crippen LogP contribution in [0.25, 0.3) is 0 Å². The summed E-state index contributed by atoms with van der Waals surface area (Å²) in [5.74, 6) is -2.11. The highest BCUT2D eigenvalue weighted by Crippen LogP contribution is 2.41. The molecule has 6 heteroatoms. The van der Waals surface area contributed by atoms with Crippen LogP contribution < -0.4 is 0 Å². The normalized spacial score (nSPS) is 19.4. The highest BCUT2D eigenvalue weighted by Gasteiger charge is 2.56. The van der Waals surface area contributed by atoms with Gasteiger partial charge in [-0.2, -0.15) is 13.2 Å². The molecular weight excluding hydrogens is 198 g/mol. The van der Waals surface area contributed by atoms with E-state index < -0.39 is 29.9 Å². The average molecular weight is 206 g/mol. The molecule has 1 unspecified atom stereocenters. The second-order valence-corrected chi connectivity index (χ2v) is 2.73. The van der Waals surface area contributed by atoms with Crippen molar-refractivity contribution < 1.29 is 26.3 Å². The molecule has 0 aliphatic carbocycles. The maximum Gasteiger partial charge on any atom is 0.428 e. The van der Waals surface area contributed by atoms with Crippen LogP contribution in [0, 0.1) is 0 Å². The maximum absolute atomic E-state index is 12.7. The lowest BCUT2D eigenvalue weighted by atomic mass is 10.0. The van der Waals surface area contributed by atoms with E-state index in [-0.39, 0.29) is 6.92 Å². The molecule has 0 bridgehead atoms. The van der Waals surface area contributed by atoms with Crippen molar-refractivity contribution >= 4 is 0 Å². The number of allylic oxidation sites excluding steroid dienone is 2. The third-order valence-electron chi connectivity index (χ3n) is 1.52. The minimum Gasteiger partial charge on any atom is -0.246 e. The Labute approximate surface area is 71.2 Å². The van der Waals surface area contributed by atoms with Crippen LogP contribution in [0.3, 0.4) is 0 Å². The van der Waals surface area contributed by atoms with Crippen LogP contribution in [0.15, 0.2) is 11.4 Å². The summed E-state index contributed by atoms with van der Waals surface area (Å²) >= 11 is 0. The van der Waals surface area contributed by atoms with Crippen molar-refractivity contribution in [3.63, 3.8) is 0 Å². The molecule has 0 rings (SSSR count). The summed E-state index contributed by atoms with van der Waals surface area (Å²) in [6.45, 7) is -0.665. The van der Waals surface area contributed by atoms with E-state index >= 15 is 0 Å². The lowest BCUT2D eigenvalue weighted by molar-refractivity contribution is -0.215. The predicted octanol–water partition coefficient (Wildman–Crippen LogP) is 3.49. The zero-order valence-electron chi connectivity index (χ0n) is 6.97. The van der Waals surface area contributed by atoms with Crippen LogP contribution in [-0.4, -0.2) is 18.5 Å². The van der Waals surface area contributed by atoms with Gasteiger partial charge in [-0.1, -0.05) is 0 Å². The van der Waals surface area contributed by atoms with Gasteiger partial charge in [0.25, 0.3) is 5.67 Å². The minimum absolute atomic E-state index is 0.0154. The van der Waals surface area contributed by atoms with Gasteiger partial charge in [0.1, 0.15) is 12.5 Å². The summed E-state index contributed by atoms with van der Waals surface area (Å²) in [4.78, 5) is 0. The Hall–Kier alpha value is -0.680. The fraction of sp³-hybridized carbons (Fsp3) is 0.714. The smallest absolute Gasteiger partial charge is 0.246 e. The summed E-state index contributed by atoms with van der Waals surface area (Å²) in [7, 11) is 0. The molecule has 1 atom stereocenters. The molecule has 0 radical (unpaired) electrons. The second kappa shape index (κ2) is 3.59. The van der Waals surface area contributed by atoms with Gasteiger partial charge in [-0.05, 0) is 19.4 Å². The van der Waals surface area contributed by atoms with Gasteiger partial charge in [0, 0.05) is 0 Å². The van der Waals surface area contributed by atoms with Crippen molar-refractivity contribution in [3.05, 3.63) is 11.4 Å². The molecule has 0 nitrogen and oxygen atoms in total. The van der Waals surface area contributed by atoms with Gasteiger partial charge >= 0.3 is 6.18 Å². The third-order valence-corrected chi connectivity index (χ3v) is 1.52. The van der Waals surface area contributed by atoms with E-state index in [1.165, 1.54) is 0 Å². The van der Waals surface area contributed by atoms with Crippen molar-refractivity contribution in [1.82, 2.24) is 0 Å². The molecule has 0 aromatic heterocycles. The number of rotatable bonds is 2. The van der Waals surface area contributed by atoms with E-state index in [0.29, 0.717) is 0 Å². The molecule has 0 aromatic rings. The van der Waals surface area contributed by atoms with Gasteiger partial charge in [0.15, 0.2) is 0 Å². The van der Waals surface area contributed by atoms with E-state index in [1.54, 1.807) is 0 Å². The average Bonchev–Trinajstić information content (AvgIpc) is 1.99. The van der Waals surface area contributed by atoms with Crippen molar-refractivity contribution in [2.45, 2.75) is 25.7 Å². The van der Waals surface area contributed by atoms with Crippen LogP contribution in [-0.2, 0) is 0 Å². The Kier molecular flexibility index (Phi) is 3.40. The van der Waals surface area contributed by atoms with Gasteiger partial charge < -0.3 is 0 Å². The molecule has 0 aliphatic rings. The van der Waals surface area contributed by atoms with Crippen LogP contribution in [0.1, 0.15) is 13.8 Å². The zero-order chi connectivity index (χ0) is 10.9. The van der Waals surface area contributed by atoms with Crippen LogP contribution in [0.5, 0.6) is 0 Å². The molecule has 0 aliphatic heterocycles. The Morgan fingerprint density at radius 1 is 1.15 bits per heavy atom. The summed E-state index contributed by atoms with van der Waals surface area (Å²) in [6, 6.07) is 0. The minimum atomic E-state index is -5.37. The topological polar surface area (TPSA) is 0 Å². The molecule has 0 spiro atoms. The standard InChI is InChI=1S/C7H8F6/c1-4(3-8)5(9)6(2,10)7(11,12)13/h3H2,1-2H3/b5-4-. The van der Waals surface area contributed by atoms with Gasteiger partial charge in [-0.3, -0.25) is 0 Å². The van der Waals surface area contributed by atoms with Gasteiger partial charge in [0.05, 0.1) is 0 Å². The summed E-state index contributed by atoms with van der Waals surface area (Å²) in [5, 5.41) is 0. The quantitative estimate of drug-likeness (QED) is 0.606. The Morgan fingerprint density at radius 2 is 1.54 bits per heavy atom. The number of hydrogen-bond acceptors (Lipinski definition) is 0. The van der Waals surface area contributed by atoms with E-state index in [1.807, 2.05) is 0 Å². The first-order chi connectivity index (χ1) is 5.64. The molecule has 0 saturated heterocycles. The van der Waals surface area contributed by atoms with Crippen molar-refractivity contribution in [1.29, 1.82) is 0 Å². The molecule has 0 fully saturated rings. The monoisotopic (exact) mass is 206 g/mol.